The Bertz CT molecular complexity index is 971. The number of rotatable bonds is 4. The van der Waals surface area contributed by atoms with Crippen LogP contribution in [-0.4, -0.2) is 19.1 Å². The lowest BCUT2D eigenvalue weighted by Gasteiger charge is -2.19. The normalized spacial score (nSPS) is 11.7. The number of imidazole rings is 2. The molecule has 27 heavy (non-hydrogen) atoms. The van der Waals surface area contributed by atoms with E-state index in [1.54, 1.807) is 0 Å². The lowest BCUT2D eigenvalue weighted by molar-refractivity contribution is 0.601. The van der Waals surface area contributed by atoms with E-state index in [9.17, 15) is 0 Å². The highest BCUT2D eigenvalue weighted by Gasteiger charge is 2.30. The zero-order valence-corrected chi connectivity index (χ0v) is 16.2. The van der Waals surface area contributed by atoms with Gasteiger partial charge in [0.1, 0.15) is 11.6 Å². The Morgan fingerprint density at radius 1 is 0.630 bits per heavy atom. The van der Waals surface area contributed by atoms with Crippen LogP contribution in [0.5, 0.6) is 0 Å². The Kier molecular flexibility index (Phi) is 4.19. The van der Waals surface area contributed by atoms with Crippen molar-refractivity contribution in [2.24, 2.45) is 14.1 Å². The lowest BCUT2D eigenvalue weighted by Crippen LogP contribution is -2.20. The summed E-state index contributed by atoms with van der Waals surface area (Å²) in [4.78, 5) is 9.91. The van der Waals surface area contributed by atoms with Crippen LogP contribution < -0.4 is 0 Å². The lowest BCUT2D eigenvalue weighted by atomic mass is 9.86. The summed E-state index contributed by atoms with van der Waals surface area (Å²) in [6, 6.07) is 20.6. The minimum Gasteiger partial charge on any atom is -0.334 e. The van der Waals surface area contributed by atoms with Crippen LogP contribution in [0.2, 0.25) is 0 Å². The van der Waals surface area contributed by atoms with Gasteiger partial charge in [0, 0.05) is 37.6 Å². The molecule has 4 heteroatoms. The van der Waals surface area contributed by atoms with Crippen LogP contribution >= 0.6 is 0 Å². The first kappa shape index (κ1) is 17.3. The van der Waals surface area contributed by atoms with Gasteiger partial charge in [0.15, 0.2) is 0 Å². The van der Waals surface area contributed by atoms with E-state index in [0.29, 0.717) is 0 Å². The van der Waals surface area contributed by atoms with Crippen molar-refractivity contribution in [2.45, 2.75) is 19.3 Å². The fourth-order valence-electron chi connectivity index (χ4n) is 3.38. The second-order valence-electron chi connectivity index (χ2n) is 7.48. The Labute approximate surface area is 160 Å². The minimum atomic E-state index is -0.296. The van der Waals surface area contributed by atoms with Crippen molar-refractivity contribution in [1.29, 1.82) is 0 Å². The van der Waals surface area contributed by atoms with Gasteiger partial charge >= 0.3 is 0 Å². The highest BCUT2D eigenvalue weighted by Crippen LogP contribution is 2.33. The molecule has 0 fully saturated rings. The second kappa shape index (κ2) is 6.54. The molecule has 4 nitrogen and oxygen atoms in total. The van der Waals surface area contributed by atoms with Crippen LogP contribution in [0.1, 0.15) is 25.2 Å². The van der Waals surface area contributed by atoms with Crippen LogP contribution in [0.25, 0.3) is 22.8 Å². The largest absolute Gasteiger partial charge is 0.334 e. The van der Waals surface area contributed by atoms with Crippen LogP contribution in [0.3, 0.4) is 0 Å². The number of hydrogen-bond donors (Lipinski definition) is 0. The SMILES string of the molecule is Cn1cc(C(C)(C)c2cn(C)c(-c3ccccc3)n2)nc1-c1ccccc1. The van der Waals surface area contributed by atoms with Gasteiger partial charge in [0.05, 0.1) is 16.8 Å². The molecule has 0 saturated heterocycles. The van der Waals surface area contributed by atoms with E-state index in [0.717, 1.165) is 34.2 Å². The van der Waals surface area contributed by atoms with E-state index >= 15 is 0 Å². The molecular formula is C23H24N4. The maximum atomic E-state index is 4.95. The Hall–Kier alpha value is -3.14. The Morgan fingerprint density at radius 2 is 1.00 bits per heavy atom. The zero-order valence-electron chi connectivity index (χ0n) is 16.2. The number of benzene rings is 2. The maximum Gasteiger partial charge on any atom is 0.140 e. The van der Waals surface area contributed by atoms with Crippen LogP contribution in [0.4, 0.5) is 0 Å². The van der Waals surface area contributed by atoms with E-state index in [4.69, 9.17) is 9.97 Å². The first-order valence-corrected chi connectivity index (χ1v) is 9.15. The van der Waals surface area contributed by atoms with Gasteiger partial charge in [0.25, 0.3) is 0 Å². The minimum absolute atomic E-state index is 0.296. The molecule has 4 aromatic rings. The van der Waals surface area contributed by atoms with Crippen molar-refractivity contribution < 1.29 is 0 Å². The van der Waals surface area contributed by atoms with Crippen molar-refractivity contribution in [3.63, 3.8) is 0 Å². The average molecular weight is 356 g/mol. The van der Waals surface area contributed by atoms with Gasteiger partial charge in [-0.2, -0.15) is 0 Å². The summed E-state index contributed by atoms with van der Waals surface area (Å²) in [6.07, 6.45) is 4.22. The molecule has 0 atom stereocenters. The molecule has 0 saturated carbocycles. The third-order valence-corrected chi connectivity index (χ3v) is 5.10. The molecule has 0 aliphatic rings. The van der Waals surface area contributed by atoms with E-state index in [-0.39, 0.29) is 5.41 Å². The van der Waals surface area contributed by atoms with Crippen molar-refractivity contribution in [3.8, 4) is 22.8 Å². The summed E-state index contributed by atoms with van der Waals surface area (Å²) in [5.74, 6) is 1.94. The van der Waals surface area contributed by atoms with Gasteiger partial charge in [0.2, 0.25) is 0 Å². The molecule has 0 amide bonds. The maximum absolute atomic E-state index is 4.95. The second-order valence-corrected chi connectivity index (χ2v) is 7.48. The molecular weight excluding hydrogens is 332 g/mol. The predicted molar refractivity (Wildman–Crippen MR) is 109 cm³/mol. The van der Waals surface area contributed by atoms with Crippen LogP contribution in [0, 0.1) is 0 Å². The molecule has 0 spiro atoms. The van der Waals surface area contributed by atoms with Crippen molar-refractivity contribution in [2.75, 3.05) is 0 Å². The van der Waals surface area contributed by atoms with Crippen LogP contribution in [-0.2, 0) is 19.5 Å². The third-order valence-electron chi connectivity index (χ3n) is 5.10. The Morgan fingerprint density at radius 3 is 1.37 bits per heavy atom. The molecule has 0 aliphatic heterocycles. The fraction of sp³-hybridized carbons (Fsp3) is 0.217. The molecule has 2 heterocycles. The molecule has 0 unspecified atom stereocenters. The molecule has 4 rings (SSSR count). The zero-order chi connectivity index (χ0) is 19.0. The first-order chi connectivity index (χ1) is 13.0. The standard InChI is InChI=1S/C23H24N4/c1-23(2,19-15-26(3)21(24-19)17-11-7-5-8-12-17)20-16-27(4)22(25-20)18-13-9-6-10-14-18/h5-16H,1-4H3. The van der Waals surface area contributed by atoms with Crippen molar-refractivity contribution in [1.82, 2.24) is 19.1 Å². The summed E-state index contributed by atoms with van der Waals surface area (Å²) in [6.45, 7) is 4.36. The summed E-state index contributed by atoms with van der Waals surface area (Å²) < 4.78 is 4.18. The van der Waals surface area contributed by atoms with Crippen LogP contribution in [0.15, 0.2) is 73.1 Å². The number of aromatic nitrogens is 4. The highest BCUT2D eigenvalue weighted by atomic mass is 15.1. The number of nitrogens with zero attached hydrogens (tertiary/aromatic N) is 4. The monoisotopic (exact) mass is 356 g/mol. The summed E-state index contributed by atoms with van der Waals surface area (Å²) in [5, 5.41) is 0. The van der Waals surface area contributed by atoms with Gasteiger partial charge in [-0.3, -0.25) is 0 Å². The summed E-state index contributed by atoms with van der Waals surface area (Å²) >= 11 is 0. The molecule has 136 valence electrons. The average Bonchev–Trinajstić information content (AvgIpc) is 3.27. The summed E-state index contributed by atoms with van der Waals surface area (Å²) in [7, 11) is 4.09. The van der Waals surface area contributed by atoms with E-state index in [1.165, 1.54) is 0 Å². The van der Waals surface area contributed by atoms with E-state index < -0.39 is 0 Å². The molecule has 0 aliphatic carbocycles. The first-order valence-electron chi connectivity index (χ1n) is 9.15. The Balaban J connectivity index is 1.75. The fourth-order valence-corrected chi connectivity index (χ4v) is 3.38. The quantitative estimate of drug-likeness (QED) is 0.526. The van der Waals surface area contributed by atoms with Gasteiger partial charge in [-0.1, -0.05) is 60.7 Å². The van der Waals surface area contributed by atoms with Gasteiger partial charge in [-0.15, -0.1) is 0 Å². The molecule has 0 N–H and O–H groups in total. The van der Waals surface area contributed by atoms with E-state index in [2.05, 4.69) is 59.6 Å². The van der Waals surface area contributed by atoms with Gasteiger partial charge < -0.3 is 9.13 Å². The summed E-state index contributed by atoms with van der Waals surface area (Å²) in [5.41, 5.74) is 3.97. The van der Waals surface area contributed by atoms with Crippen molar-refractivity contribution >= 4 is 0 Å². The third kappa shape index (κ3) is 3.08. The smallest absolute Gasteiger partial charge is 0.140 e. The molecule has 2 aromatic carbocycles. The van der Waals surface area contributed by atoms with Gasteiger partial charge in [-0.25, -0.2) is 9.97 Å². The highest BCUT2D eigenvalue weighted by molar-refractivity contribution is 5.58. The van der Waals surface area contributed by atoms with Crippen molar-refractivity contribution in [3.05, 3.63) is 84.4 Å². The predicted octanol–water partition coefficient (Wildman–Crippen LogP) is 4.81. The molecule has 0 radical (unpaired) electrons. The molecule has 0 bridgehead atoms. The molecule has 2 aromatic heterocycles. The van der Waals surface area contributed by atoms with E-state index in [1.807, 2.05) is 50.5 Å². The topological polar surface area (TPSA) is 35.6 Å². The number of hydrogen-bond acceptors (Lipinski definition) is 2. The van der Waals surface area contributed by atoms with Gasteiger partial charge in [-0.05, 0) is 13.8 Å². The number of aryl methyl sites for hydroxylation is 2.